The van der Waals surface area contributed by atoms with Crippen LogP contribution in [-0.2, 0) is 0 Å². The van der Waals surface area contributed by atoms with Crippen molar-refractivity contribution in [2.45, 2.75) is 16.7 Å². The fourth-order valence-electron chi connectivity index (χ4n) is 2.06. The molecule has 114 valence electrons. The highest BCUT2D eigenvalue weighted by molar-refractivity contribution is 14.1. The number of rotatable bonds is 3. The smallest absolute Gasteiger partial charge is 0.141 e. The summed E-state index contributed by atoms with van der Waals surface area (Å²) < 4.78 is 3.01. The van der Waals surface area contributed by atoms with Crippen LogP contribution in [0.2, 0.25) is 0 Å². The molecule has 2 N–H and O–H groups in total. The van der Waals surface area contributed by atoms with Crippen molar-refractivity contribution in [3.8, 4) is 5.69 Å². The largest absolute Gasteiger partial charge is 0.383 e. The predicted octanol–water partition coefficient (Wildman–Crippen LogP) is 4.94. The lowest BCUT2D eigenvalue weighted by Crippen LogP contribution is -2.01. The number of nitrogens with two attached hydrogens (primary N) is 1. The number of benzene rings is 2. The average Bonchev–Trinajstić information content (AvgIpc) is 2.78. The maximum absolute atomic E-state index is 6.31. The number of aromatic nitrogens is 2. The minimum absolute atomic E-state index is 0. The first kappa shape index (κ1) is 17.2. The Bertz CT molecular complexity index is 774. The van der Waals surface area contributed by atoms with Gasteiger partial charge in [0, 0.05) is 8.47 Å². The van der Waals surface area contributed by atoms with Gasteiger partial charge in [-0.15, -0.1) is 12.4 Å². The van der Waals surface area contributed by atoms with Gasteiger partial charge < -0.3 is 5.73 Å². The van der Waals surface area contributed by atoms with Gasteiger partial charge in [-0.2, -0.15) is 5.10 Å². The second-order valence-corrected chi connectivity index (χ2v) is 6.79. The van der Waals surface area contributed by atoms with Gasteiger partial charge in [0.25, 0.3) is 0 Å². The van der Waals surface area contributed by atoms with Crippen LogP contribution in [0.5, 0.6) is 0 Å². The fourth-order valence-corrected chi connectivity index (χ4v) is 3.69. The SMILES string of the molecule is Cc1nn(-c2ccccc2)c(N)c1Sc1ccccc1I.Cl. The summed E-state index contributed by atoms with van der Waals surface area (Å²) in [6.07, 6.45) is 0. The average molecular weight is 444 g/mol. The summed E-state index contributed by atoms with van der Waals surface area (Å²) in [7, 11) is 0. The third-order valence-electron chi connectivity index (χ3n) is 3.09. The zero-order chi connectivity index (χ0) is 14.8. The summed E-state index contributed by atoms with van der Waals surface area (Å²) in [4.78, 5) is 2.21. The summed E-state index contributed by atoms with van der Waals surface area (Å²) in [5.41, 5.74) is 8.24. The number of halogens is 2. The first-order chi connectivity index (χ1) is 10.2. The lowest BCUT2D eigenvalue weighted by atomic mass is 10.3. The van der Waals surface area contributed by atoms with Crippen LogP contribution in [0, 0.1) is 10.5 Å². The number of hydrogen-bond acceptors (Lipinski definition) is 3. The van der Waals surface area contributed by atoms with E-state index in [2.05, 4.69) is 39.8 Å². The number of nitrogen functional groups attached to an aromatic ring is 1. The number of para-hydroxylation sites is 1. The molecular formula is C16H15ClIN3S. The van der Waals surface area contributed by atoms with Gasteiger partial charge >= 0.3 is 0 Å². The van der Waals surface area contributed by atoms with Crippen molar-refractivity contribution in [1.29, 1.82) is 0 Å². The Kier molecular flexibility index (Phi) is 5.77. The fraction of sp³-hybridized carbons (Fsp3) is 0.0625. The van der Waals surface area contributed by atoms with Crippen LogP contribution < -0.4 is 5.73 Å². The molecule has 3 nitrogen and oxygen atoms in total. The molecule has 0 atom stereocenters. The molecule has 0 saturated carbocycles. The van der Waals surface area contributed by atoms with E-state index in [9.17, 15) is 0 Å². The minimum atomic E-state index is 0. The Labute approximate surface area is 153 Å². The molecule has 3 rings (SSSR count). The quantitative estimate of drug-likeness (QED) is 0.583. The normalized spacial score (nSPS) is 10.3. The van der Waals surface area contributed by atoms with Gasteiger partial charge in [0.1, 0.15) is 5.82 Å². The lowest BCUT2D eigenvalue weighted by molar-refractivity contribution is 0.872. The zero-order valence-electron chi connectivity index (χ0n) is 11.9. The third-order valence-corrected chi connectivity index (χ3v) is 5.68. The molecular weight excluding hydrogens is 429 g/mol. The summed E-state index contributed by atoms with van der Waals surface area (Å²) in [6.45, 7) is 1.99. The summed E-state index contributed by atoms with van der Waals surface area (Å²) in [6, 6.07) is 18.2. The molecule has 6 heteroatoms. The highest BCUT2D eigenvalue weighted by Gasteiger charge is 2.15. The third kappa shape index (κ3) is 3.42. The van der Waals surface area contributed by atoms with E-state index in [1.165, 1.54) is 8.47 Å². The molecule has 0 fully saturated rings. The maximum atomic E-state index is 6.31. The molecule has 1 aromatic heterocycles. The zero-order valence-corrected chi connectivity index (χ0v) is 15.7. The number of anilines is 1. The van der Waals surface area contributed by atoms with Gasteiger partial charge in [-0.05, 0) is 53.8 Å². The van der Waals surface area contributed by atoms with E-state index in [1.54, 1.807) is 16.4 Å². The maximum Gasteiger partial charge on any atom is 0.141 e. The van der Waals surface area contributed by atoms with Crippen LogP contribution in [0.3, 0.4) is 0 Å². The Morgan fingerprint density at radius 2 is 1.68 bits per heavy atom. The van der Waals surface area contributed by atoms with Crippen LogP contribution in [0.1, 0.15) is 5.69 Å². The highest BCUT2D eigenvalue weighted by atomic mass is 127. The number of hydrogen-bond donors (Lipinski definition) is 1. The van der Waals surface area contributed by atoms with Crippen molar-refractivity contribution in [2.75, 3.05) is 5.73 Å². The lowest BCUT2D eigenvalue weighted by Gasteiger charge is -2.06. The Morgan fingerprint density at radius 3 is 2.36 bits per heavy atom. The number of nitrogens with zero attached hydrogens (tertiary/aromatic N) is 2. The summed E-state index contributed by atoms with van der Waals surface area (Å²) in [5.74, 6) is 0.684. The van der Waals surface area contributed by atoms with Crippen molar-refractivity contribution >= 4 is 52.6 Å². The van der Waals surface area contributed by atoms with Gasteiger partial charge in [0.2, 0.25) is 0 Å². The molecule has 0 saturated heterocycles. The van der Waals surface area contributed by atoms with E-state index in [0.29, 0.717) is 5.82 Å². The van der Waals surface area contributed by atoms with Crippen molar-refractivity contribution < 1.29 is 0 Å². The predicted molar refractivity (Wildman–Crippen MR) is 103 cm³/mol. The van der Waals surface area contributed by atoms with Gasteiger partial charge in [-0.3, -0.25) is 0 Å². The van der Waals surface area contributed by atoms with Crippen molar-refractivity contribution in [3.63, 3.8) is 0 Å². The molecule has 2 aromatic carbocycles. The van der Waals surface area contributed by atoms with Crippen LogP contribution in [-0.4, -0.2) is 9.78 Å². The molecule has 0 bridgehead atoms. The van der Waals surface area contributed by atoms with E-state index in [1.807, 2.05) is 49.4 Å². The molecule has 0 aliphatic carbocycles. The topological polar surface area (TPSA) is 43.8 Å². The molecule has 0 amide bonds. The second kappa shape index (κ2) is 7.39. The summed E-state index contributed by atoms with van der Waals surface area (Å²) in [5, 5.41) is 4.57. The van der Waals surface area contributed by atoms with Gasteiger partial charge in [0.05, 0.1) is 16.3 Å². The molecule has 0 aliphatic rings. The van der Waals surface area contributed by atoms with Crippen LogP contribution >= 0.6 is 46.8 Å². The first-order valence-electron chi connectivity index (χ1n) is 6.49. The molecule has 0 radical (unpaired) electrons. The van der Waals surface area contributed by atoms with Crippen LogP contribution in [0.25, 0.3) is 5.69 Å². The number of aryl methyl sites for hydroxylation is 1. The standard InChI is InChI=1S/C16H14IN3S.ClH/c1-11-15(21-14-10-6-5-9-13(14)17)16(18)20(19-11)12-7-3-2-4-8-12;/h2-10H,18H2,1H3;1H. The van der Waals surface area contributed by atoms with E-state index in [0.717, 1.165) is 16.3 Å². The van der Waals surface area contributed by atoms with Crippen LogP contribution in [0.15, 0.2) is 64.4 Å². The molecule has 0 unspecified atom stereocenters. The van der Waals surface area contributed by atoms with E-state index >= 15 is 0 Å². The van der Waals surface area contributed by atoms with Gasteiger partial charge in [-0.1, -0.05) is 42.1 Å². The molecule has 22 heavy (non-hydrogen) atoms. The molecule has 3 aromatic rings. The van der Waals surface area contributed by atoms with Crippen molar-refractivity contribution in [3.05, 3.63) is 63.9 Å². The van der Waals surface area contributed by atoms with E-state index in [4.69, 9.17) is 5.73 Å². The Balaban J connectivity index is 0.00000176. The van der Waals surface area contributed by atoms with Crippen molar-refractivity contribution in [2.24, 2.45) is 0 Å². The van der Waals surface area contributed by atoms with E-state index in [-0.39, 0.29) is 12.4 Å². The van der Waals surface area contributed by atoms with Crippen LogP contribution in [0.4, 0.5) is 5.82 Å². The monoisotopic (exact) mass is 443 g/mol. The van der Waals surface area contributed by atoms with Gasteiger partial charge in [-0.25, -0.2) is 4.68 Å². The minimum Gasteiger partial charge on any atom is -0.383 e. The van der Waals surface area contributed by atoms with Gasteiger partial charge in [0.15, 0.2) is 0 Å². The van der Waals surface area contributed by atoms with Crippen molar-refractivity contribution in [1.82, 2.24) is 9.78 Å². The molecule has 1 heterocycles. The highest BCUT2D eigenvalue weighted by Crippen LogP contribution is 2.37. The second-order valence-electron chi connectivity index (χ2n) is 4.58. The molecule has 0 aliphatic heterocycles. The summed E-state index contributed by atoms with van der Waals surface area (Å²) >= 11 is 4.01. The van der Waals surface area contributed by atoms with E-state index < -0.39 is 0 Å². The molecule has 0 spiro atoms. The first-order valence-corrected chi connectivity index (χ1v) is 8.39. The Morgan fingerprint density at radius 1 is 1.05 bits per heavy atom. The Hall–Kier alpha value is -1.18.